The highest BCUT2D eigenvalue weighted by Gasteiger charge is 2.09. The number of hydrogen-bond acceptors (Lipinski definition) is 4. The van der Waals surface area contributed by atoms with Gasteiger partial charge in [0.25, 0.3) is 0 Å². The molecule has 5 heteroatoms. The molecule has 0 bridgehead atoms. The summed E-state index contributed by atoms with van der Waals surface area (Å²) in [5, 5.41) is 3.15. The third kappa shape index (κ3) is 2.43. The zero-order valence-corrected chi connectivity index (χ0v) is 8.76. The third-order valence-corrected chi connectivity index (χ3v) is 1.95. The van der Waals surface area contributed by atoms with Crippen molar-refractivity contribution in [3.8, 4) is 5.75 Å². The molecule has 0 spiro atoms. The van der Waals surface area contributed by atoms with Gasteiger partial charge in [0.05, 0.1) is 19.9 Å². The third-order valence-electron chi connectivity index (χ3n) is 1.66. The van der Waals surface area contributed by atoms with Crippen LogP contribution in [0.4, 0.5) is 0 Å². The van der Waals surface area contributed by atoms with Gasteiger partial charge in [0, 0.05) is 6.07 Å². The lowest BCUT2D eigenvalue weighted by Crippen LogP contribution is -2.19. The molecule has 0 aromatic carbocycles. The molecule has 0 aliphatic rings. The van der Waals surface area contributed by atoms with Crippen molar-refractivity contribution in [1.29, 1.82) is 0 Å². The highest BCUT2D eigenvalue weighted by atomic mass is 35.5. The average molecular weight is 215 g/mol. The first kappa shape index (κ1) is 10.9. The fraction of sp³-hybridized carbons (Fsp3) is 0.333. The number of hydrogen-bond donors (Lipinski definition) is 1. The monoisotopic (exact) mass is 214 g/mol. The van der Waals surface area contributed by atoms with Crippen LogP contribution in [0.15, 0.2) is 12.3 Å². The number of Topliss-reactive ketones (excluding diaryl/α,β-unsaturated/α-hetero) is 1. The second kappa shape index (κ2) is 4.93. The molecule has 0 radical (unpaired) electrons. The molecule has 14 heavy (non-hydrogen) atoms. The Morgan fingerprint density at radius 2 is 2.43 bits per heavy atom. The lowest BCUT2D eigenvalue weighted by atomic mass is 10.2. The molecule has 1 aromatic heterocycles. The fourth-order valence-electron chi connectivity index (χ4n) is 0.980. The summed E-state index contributed by atoms with van der Waals surface area (Å²) in [6.45, 7) is 0.248. The van der Waals surface area contributed by atoms with Crippen LogP contribution in [-0.2, 0) is 0 Å². The number of rotatable bonds is 4. The minimum Gasteiger partial charge on any atom is -0.495 e. The second-order valence-corrected chi connectivity index (χ2v) is 3.06. The van der Waals surface area contributed by atoms with Crippen LogP contribution in [0.25, 0.3) is 0 Å². The predicted octanol–water partition coefficient (Wildman–Crippen LogP) is 1.15. The number of nitrogens with one attached hydrogen (secondary N) is 1. The zero-order valence-electron chi connectivity index (χ0n) is 8.00. The van der Waals surface area contributed by atoms with Crippen molar-refractivity contribution < 1.29 is 9.53 Å². The molecular formula is C9H11ClN2O2. The van der Waals surface area contributed by atoms with Crippen LogP contribution in [0.1, 0.15) is 10.5 Å². The Bertz CT molecular complexity index is 342. The summed E-state index contributed by atoms with van der Waals surface area (Å²) < 4.78 is 4.97. The van der Waals surface area contributed by atoms with E-state index in [2.05, 4.69) is 10.3 Å². The molecule has 0 amide bonds. The van der Waals surface area contributed by atoms with E-state index >= 15 is 0 Å². The predicted molar refractivity (Wildman–Crippen MR) is 54.1 cm³/mol. The minimum atomic E-state index is -0.0949. The Balaban J connectivity index is 2.94. The van der Waals surface area contributed by atoms with Crippen LogP contribution in [0.5, 0.6) is 5.75 Å². The van der Waals surface area contributed by atoms with E-state index in [9.17, 15) is 4.79 Å². The fourth-order valence-corrected chi connectivity index (χ4v) is 1.16. The number of likely N-dealkylation sites (N-methyl/N-ethyl adjacent to an activating group) is 1. The van der Waals surface area contributed by atoms with E-state index in [0.717, 1.165) is 0 Å². The van der Waals surface area contributed by atoms with Gasteiger partial charge in [-0.15, -0.1) is 0 Å². The summed E-state index contributed by atoms with van der Waals surface area (Å²) in [5.74, 6) is 0.364. The molecule has 4 nitrogen and oxygen atoms in total. The van der Waals surface area contributed by atoms with E-state index in [1.165, 1.54) is 19.4 Å². The summed E-state index contributed by atoms with van der Waals surface area (Å²) >= 11 is 5.76. The van der Waals surface area contributed by atoms with Gasteiger partial charge in [-0.2, -0.15) is 0 Å². The van der Waals surface area contributed by atoms with Crippen molar-refractivity contribution in [2.24, 2.45) is 0 Å². The molecule has 0 saturated carbocycles. The van der Waals surface area contributed by atoms with Gasteiger partial charge >= 0.3 is 0 Å². The highest BCUT2D eigenvalue weighted by Crippen LogP contribution is 2.23. The molecule has 1 rings (SSSR count). The molecule has 1 aromatic rings. The van der Waals surface area contributed by atoms with Crippen LogP contribution in [0.2, 0.25) is 5.02 Å². The number of nitrogens with zero attached hydrogens (tertiary/aromatic N) is 1. The van der Waals surface area contributed by atoms with Gasteiger partial charge in [0.15, 0.2) is 5.78 Å². The van der Waals surface area contributed by atoms with Gasteiger partial charge < -0.3 is 10.1 Å². The maximum atomic E-state index is 11.4. The normalized spacial score (nSPS) is 9.93. The van der Waals surface area contributed by atoms with Crippen molar-refractivity contribution in [2.75, 3.05) is 20.7 Å². The van der Waals surface area contributed by atoms with Gasteiger partial charge in [-0.3, -0.25) is 9.78 Å². The number of carbonyl (C=O) groups is 1. The van der Waals surface area contributed by atoms with Gasteiger partial charge in [-0.25, -0.2) is 0 Å². The number of ether oxygens (including phenoxy) is 1. The Hall–Kier alpha value is -1.13. The molecule has 1 heterocycles. The lowest BCUT2D eigenvalue weighted by Gasteiger charge is -2.04. The van der Waals surface area contributed by atoms with Crippen LogP contribution < -0.4 is 10.1 Å². The molecule has 0 saturated heterocycles. The van der Waals surface area contributed by atoms with Gasteiger partial charge in [0.2, 0.25) is 0 Å². The van der Waals surface area contributed by atoms with Crippen LogP contribution in [-0.4, -0.2) is 31.5 Å². The molecule has 1 N–H and O–H groups in total. The molecule has 0 fully saturated rings. The number of aromatic nitrogens is 1. The number of pyridine rings is 1. The molecular weight excluding hydrogens is 204 g/mol. The van der Waals surface area contributed by atoms with E-state index in [-0.39, 0.29) is 12.3 Å². The second-order valence-electron chi connectivity index (χ2n) is 2.66. The SMILES string of the molecule is CNCC(=O)c1cc(OC)c(Cl)cn1. The molecule has 0 aliphatic heterocycles. The van der Waals surface area contributed by atoms with Crippen LogP contribution >= 0.6 is 11.6 Å². The van der Waals surface area contributed by atoms with Crippen LogP contribution in [0.3, 0.4) is 0 Å². The smallest absolute Gasteiger partial charge is 0.195 e. The van der Waals surface area contributed by atoms with Crippen molar-refractivity contribution in [2.45, 2.75) is 0 Å². The van der Waals surface area contributed by atoms with E-state index in [1.807, 2.05) is 0 Å². The summed E-state index contributed by atoms with van der Waals surface area (Å²) in [6, 6.07) is 1.53. The largest absolute Gasteiger partial charge is 0.495 e. The van der Waals surface area contributed by atoms with Gasteiger partial charge in [-0.05, 0) is 7.05 Å². The number of methoxy groups -OCH3 is 1. The summed E-state index contributed by atoms with van der Waals surface area (Å²) in [5.41, 5.74) is 0.348. The first-order chi connectivity index (χ1) is 6.69. The molecule has 76 valence electrons. The van der Waals surface area contributed by atoms with Crippen molar-refractivity contribution >= 4 is 17.4 Å². The Morgan fingerprint density at radius 3 is 3.00 bits per heavy atom. The molecule has 0 unspecified atom stereocenters. The average Bonchev–Trinajstić information content (AvgIpc) is 2.19. The Labute approximate surface area is 87.2 Å². The first-order valence-corrected chi connectivity index (χ1v) is 4.44. The van der Waals surface area contributed by atoms with Gasteiger partial charge in [-0.1, -0.05) is 11.6 Å². The van der Waals surface area contributed by atoms with Crippen molar-refractivity contribution in [1.82, 2.24) is 10.3 Å². The zero-order chi connectivity index (χ0) is 10.6. The standard InChI is InChI=1S/C9H11ClN2O2/c1-11-5-8(13)7-3-9(14-2)6(10)4-12-7/h3-4,11H,5H2,1-2H3. The minimum absolute atomic E-state index is 0.0949. The van der Waals surface area contributed by atoms with E-state index in [4.69, 9.17) is 16.3 Å². The van der Waals surface area contributed by atoms with E-state index in [1.54, 1.807) is 7.05 Å². The lowest BCUT2D eigenvalue weighted by molar-refractivity contribution is 0.0988. The summed E-state index contributed by atoms with van der Waals surface area (Å²) in [7, 11) is 3.19. The van der Waals surface area contributed by atoms with E-state index in [0.29, 0.717) is 16.5 Å². The molecule has 0 aliphatic carbocycles. The number of halogens is 1. The topological polar surface area (TPSA) is 51.2 Å². The Morgan fingerprint density at radius 1 is 1.71 bits per heavy atom. The number of carbonyl (C=O) groups excluding carboxylic acids is 1. The van der Waals surface area contributed by atoms with Crippen molar-refractivity contribution in [3.63, 3.8) is 0 Å². The summed E-state index contributed by atoms with van der Waals surface area (Å²) in [6.07, 6.45) is 1.41. The van der Waals surface area contributed by atoms with E-state index < -0.39 is 0 Å². The maximum Gasteiger partial charge on any atom is 0.195 e. The van der Waals surface area contributed by atoms with Crippen molar-refractivity contribution in [3.05, 3.63) is 23.0 Å². The van der Waals surface area contributed by atoms with Gasteiger partial charge in [0.1, 0.15) is 16.5 Å². The first-order valence-electron chi connectivity index (χ1n) is 4.06. The Kier molecular flexibility index (Phi) is 3.85. The van der Waals surface area contributed by atoms with Crippen LogP contribution in [0, 0.1) is 0 Å². The molecule has 0 atom stereocenters. The number of ketones is 1. The highest BCUT2D eigenvalue weighted by molar-refractivity contribution is 6.32. The quantitative estimate of drug-likeness (QED) is 0.764. The summed E-state index contributed by atoms with van der Waals surface area (Å²) in [4.78, 5) is 15.3. The maximum absolute atomic E-state index is 11.4.